The monoisotopic (exact) mass is 317 g/mol. The number of piperidine rings is 1. The summed E-state index contributed by atoms with van der Waals surface area (Å²) in [5, 5.41) is 2.74. The summed E-state index contributed by atoms with van der Waals surface area (Å²) in [5.74, 6) is 0.318. The molecule has 2 aliphatic rings. The molecule has 3 heterocycles. The van der Waals surface area contributed by atoms with Gasteiger partial charge in [0.25, 0.3) is 5.56 Å². The van der Waals surface area contributed by atoms with Crippen LogP contribution in [0.2, 0.25) is 0 Å². The van der Waals surface area contributed by atoms with E-state index in [2.05, 4.69) is 5.32 Å². The number of nitrogens with one attached hydrogen (secondary N) is 1. The zero-order chi connectivity index (χ0) is 16.6. The van der Waals surface area contributed by atoms with E-state index in [4.69, 9.17) is 0 Å². The van der Waals surface area contributed by atoms with Crippen LogP contribution in [0.25, 0.3) is 0 Å². The molecule has 124 valence electrons. The molecule has 1 N–H and O–H groups in total. The van der Waals surface area contributed by atoms with Crippen LogP contribution in [-0.2, 0) is 16.1 Å². The second kappa shape index (κ2) is 6.18. The fraction of sp³-hybridized carbons (Fsp3) is 0.588. The highest BCUT2D eigenvalue weighted by atomic mass is 16.2. The van der Waals surface area contributed by atoms with Gasteiger partial charge >= 0.3 is 0 Å². The zero-order valence-electron chi connectivity index (χ0n) is 13.6. The maximum Gasteiger partial charge on any atom is 0.250 e. The number of aromatic nitrogens is 1. The van der Waals surface area contributed by atoms with Crippen LogP contribution in [0.15, 0.2) is 23.0 Å². The molecule has 0 aliphatic carbocycles. The van der Waals surface area contributed by atoms with Gasteiger partial charge in [-0.2, -0.15) is 0 Å². The summed E-state index contributed by atoms with van der Waals surface area (Å²) in [6.45, 7) is 5.29. The first-order valence-corrected chi connectivity index (χ1v) is 8.25. The van der Waals surface area contributed by atoms with Gasteiger partial charge in [0, 0.05) is 44.2 Å². The van der Waals surface area contributed by atoms with Gasteiger partial charge in [0.05, 0.1) is 0 Å². The molecule has 0 saturated carbocycles. The van der Waals surface area contributed by atoms with E-state index in [1.54, 1.807) is 12.1 Å². The molecule has 1 aromatic rings. The molecule has 2 aliphatic heterocycles. The first-order chi connectivity index (χ1) is 11.0. The van der Waals surface area contributed by atoms with Gasteiger partial charge < -0.3 is 14.8 Å². The van der Waals surface area contributed by atoms with Crippen LogP contribution in [0.5, 0.6) is 0 Å². The number of hydrogen-bond donors (Lipinski definition) is 1. The Hall–Kier alpha value is -2.11. The van der Waals surface area contributed by atoms with E-state index in [9.17, 15) is 14.4 Å². The zero-order valence-corrected chi connectivity index (χ0v) is 13.6. The van der Waals surface area contributed by atoms with E-state index in [0.29, 0.717) is 32.0 Å². The molecule has 1 saturated heterocycles. The quantitative estimate of drug-likeness (QED) is 0.892. The molecule has 1 fully saturated rings. The van der Waals surface area contributed by atoms with Gasteiger partial charge in [0.1, 0.15) is 6.04 Å². The second-order valence-electron chi connectivity index (χ2n) is 6.60. The molecule has 2 bridgehead atoms. The molecular formula is C17H23N3O3. The van der Waals surface area contributed by atoms with Gasteiger partial charge in [-0.05, 0) is 24.8 Å². The number of hydrogen-bond acceptors (Lipinski definition) is 3. The normalized spacial score (nSPS) is 23.8. The van der Waals surface area contributed by atoms with Crippen LogP contribution < -0.4 is 10.9 Å². The van der Waals surface area contributed by atoms with Gasteiger partial charge in [-0.1, -0.05) is 13.0 Å². The smallest absolute Gasteiger partial charge is 0.250 e. The second-order valence-corrected chi connectivity index (χ2v) is 6.60. The van der Waals surface area contributed by atoms with Crippen LogP contribution in [0.4, 0.5) is 0 Å². The number of pyridine rings is 1. The van der Waals surface area contributed by atoms with Crippen molar-refractivity contribution in [1.82, 2.24) is 14.8 Å². The number of likely N-dealkylation sites (tertiary alicyclic amines) is 1. The lowest BCUT2D eigenvalue weighted by Crippen LogP contribution is -2.54. The van der Waals surface area contributed by atoms with E-state index in [1.165, 1.54) is 6.92 Å². The lowest BCUT2D eigenvalue weighted by molar-refractivity contribution is -0.138. The van der Waals surface area contributed by atoms with Gasteiger partial charge in [0.2, 0.25) is 11.8 Å². The van der Waals surface area contributed by atoms with E-state index < -0.39 is 6.04 Å². The average Bonchev–Trinajstić information content (AvgIpc) is 2.52. The molecule has 3 rings (SSSR count). The number of nitrogens with zero attached hydrogens (tertiary/aromatic N) is 2. The fourth-order valence-electron chi connectivity index (χ4n) is 3.88. The minimum absolute atomic E-state index is 0.0101. The highest BCUT2D eigenvalue weighted by molar-refractivity contribution is 5.87. The molecule has 1 unspecified atom stereocenters. The lowest BCUT2D eigenvalue weighted by Gasteiger charge is -2.43. The van der Waals surface area contributed by atoms with Crippen molar-refractivity contribution in [2.45, 2.75) is 45.2 Å². The molecule has 1 aromatic heterocycles. The predicted molar refractivity (Wildman–Crippen MR) is 86.0 cm³/mol. The standard InChI is InChI=1S/C17H23N3O3/c1-3-14(18-11(2)21)17(23)19-8-12-7-13(10-19)15-5-4-6-16(22)20(15)9-12/h4-6,12-14H,3,7-10H2,1-2H3,(H,18,21)/t12-,13+,14?/m1/s1. The predicted octanol–water partition coefficient (Wildman–Crippen LogP) is 0.709. The van der Waals surface area contributed by atoms with E-state index in [-0.39, 0.29) is 23.3 Å². The molecule has 6 nitrogen and oxygen atoms in total. The SMILES string of the molecule is CCC(NC(C)=O)C(=O)N1C[C@H]2C[C@@H](C1)c1cccc(=O)n1C2. The Bertz CT molecular complexity index is 682. The molecule has 6 heteroatoms. The molecule has 0 spiro atoms. The van der Waals surface area contributed by atoms with Crippen molar-refractivity contribution in [3.05, 3.63) is 34.2 Å². The van der Waals surface area contributed by atoms with Crippen molar-refractivity contribution in [2.75, 3.05) is 13.1 Å². The maximum atomic E-state index is 12.7. The summed E-state index contributed by atoms with van der Waals surface area (Å²) in [6.07, 6.45) is 1.60. The summed E-state index contributed by atoms with van der Waals surface area (Å²) in [7, 11) is 0. The van der Waals surface area contributed by atoms with Gasteiger partial charge in [0.15, 0.2) is 0 Å². The number of carbonyl (C=O) groups is 2. The van der Waals surface area contributed by atoms with Crippen LogP contribution in [0.3, 0.4) is 0 Å². The van der Waals surface area contributed by atoms with E-state index >= 15 is 0 Å². The van der Waals surface area contributed by atoms with Crippen LogP contribution in [0.1, 0.15) is 38.3 Å². The van der Waals surface area contributed by atoms with Crippen LogP contribution in [0, 0.1) is 5.92 Å². The number of carbonyl (C=O) groups excluding carboxylic acids is 2. The van der Waals surface area contributed by atoms with Crippen LogP contribution in [-0.4, -0.2) is 40.4 Å². The third kappa shape index (κ3) is 3.02. The number of amides is 2. The Labute approximate surface area is 135 Å². The summed E-state index contributed by atoms with van der Waals surface area (Å²) < 4.78 is 1.85. The Morgan fingerprint density at radius 1 is 1.30 bits per heavy atom. The number of fused-ring (bicyclic) bond motifs is 4. The third-order valence-electron chi connectivity index (χ3n) is 4.88. The van der Waals surface area contributed by atoms with Crippen LogP contribution >= 0.6 is 0 Å². The molecule has 2 amide bonds. The first-order valence-electron chi connectivity index (χ1n) is 8.25. The summed E-state index contributed by atoms with van der Waals surface area (Å²) in [4.78, 5) is 37.9. The Morgan fingerprint density at radius 2 is 2.09 bits per heavy atom. The lowest BCUT2D eigenvalue weighted by atomic mass is 9.83. The van der Waals surface area contributed by atoms with E-state index in [1.807, 2.05) is 22.5 Å². The summed E-state index contributed by atoms with van der Waals surface area (Å²) in [5.41, 5.74) is 1.07. The maximum absolute atomic E-state index is 12.7. The minimum atomic E-state index is -0.454. The Kier molecular flexibility index (Phi) is 4.24. The van der Waals surface area contributed by atoms with Gasteiger partial charge in [-0.15, -0.1) is 0 Å². The molecular weight excluding hydrogens is 294 g/mol. The largest absolute Gasteiger partial charge is 0.345 e. The van der Waals surface area contributed by atoms with Crippen molar-refractivity contribution in [2.24, 2.45) is 5.92 Å². The Balaban J connectivity index is 1.81. The molecule has 0 aromatic carbocycles. The molecule has 0 radical (unpaired) electrons. The molecule has 3 atom stereocenters. The highest BCUT2D eigenvalue weighted by Crippen LogP contribution is 2.35. The van der Waals surface area contributed by atoms with Crippen molar-refractivity contribution >= 4 is 11.8 Å². The molecule has 23 heavy (non-hydrogen) atoms. The third-order valence-corrected chi connectivity index (χ3v) is 4.88. The summed E-state index contributed by atoms with van der Waals surface area (Å²) >= 11 is 0. The van der Waals surface area contributed by atoms with Crippen molar-refractivity contribution < 1.29 is 9.59 Å². The van der Waals surface area contributed by atoms with Gasteiger partial charge in [-0.25, -0.2) is 0 Å². The van der Waals surface area contributed by atoms with Crippen molar-refractivity contribution in [1.29, 1.82) is 0 Å². The Morgan fingerprint density at radius 3 is 2.78 bits per heavy atom. The van der Waals surface area contributed by atoms with E-state index in [0.717, 1.165) is 12.1 Å². The highest BCUT2D eigenvalue weighted by Gasteiger charge is 2.37. The number of rotatable bonds is 3. The first kappa shape index (κ1) is 15.8. The average molecular weight is 317 g/mol. The summed E-state index contributed by atoms with van der Waals surface area (Å²) in [6, 6.07) is 4.92. The van der Waals surface area contributed by atoms with Crippen molar-refractivity contribution in [3.63, 3.8) is 0 Å². The van der Waals surface area contributed by atoms with Gasteiger partial charge in [-0.3, -0.25) is 14.4 Å². The fourth-order valence-corrected chi connectivity index (χ4v) is 3.88. The minimum Gasteiger partial charge on any atom is -0.345 e. The van der Waals surface area contributed by atoms with Crippen molar-refractivity contribution in [3.8, 4) is 0 Å². The topological polar surface area (TPSA) is 71.4 Å².